The lowest BCUT2D eigenvalue weighted by molar-refractivity contribution is 0.781. The van der Waals surface area contributed by atoms with Crippen LogP contribution in [-0.4, -0.2) is 25.4 Å². The predicted octanol–water partition coefficient (Wildman–Crippen LogP) is 10.6. The van der Waals surface area contributed by atoms with Crippen molar-refractivity contribution in [2.75, 3.05) is 0 Å². The van der Waals surface area contributed by atoms with Crippen molar-refractivity contribution in [1.29, 1.82) is 0 Å². The Morgan fingerprint density at radius 1 is 0.509 bits per heavy atom. The summed E-state index contributed by atoms with van der Waals surface area (Å²) in [4.78, 5) is 19.7. The maximum absolute atomic E-state index is 5.33. The molecule has 1 unspecified atom stereocenters. The molecule has 1 aliphatic rings. The van der Waals surface area contributed by atoms with Gasteiger partial charge in [-0.15, -0.1) is 0 Å². The van der Waals surface area contributed by atoms with Crippen molar-refractivity contribution in [1.82, 2.24) is 24.8 Å². The molecule has 250 valence electrons. The van der Waals surface area contributed by atoms with E-state index in [9.17, 15) is 0 Å². The Hall–Kier alpha value is -7.18. The minimum atomic E-state index is 0.00802. The van der Waals surface area contributed by atoms with Crippen LogP contribution in [-0.2, 0) is 0 Å². The molecular formula is C47H32N6. The van der Waals surface area contributed by atoms with Gasteiger partial charge in [0, 0.05) is 40.5 Å². The monoisotopic (exact) mass is 680 g/mol. The van der Waals surface area contributed by atoms with E-state index in [2.05, 4.69) is 136 Å². The first-order valence-electron chi connectivity index (χ1n) is 17.8. The molecule has 6 nitrogen and oxygen atoms in total. The Kier molecular flexibility index (Phi) is 7.43. The van der Waals surface area contributed by atoms with Gasteiger partial charge in [0.05, 0.1) is 22.8 Å². The van der Waals surface area contributed by atoms with Crippen molar-refractivity contribution < 1.29 is 0 Å². The summed E-state index contributed by atoms with van der Waals surface area (Å²) in [5.41, 5.74) is 9.45. The molecule has 0 radical (unpaired) electrons. The summed E-state index contributed by atoms with van der Waals surface area (Å²) in [5.74, 6) is 2.51. The topological polar surface area (TPSA) is 68.0 Å². The van der Waals surface area contributed by atoms with Crippen molar-refractivity contribution in [3.05, 3.63) is 199 Å². The van der Waals surface area contributed by atoms with Crippen molar-refractivity contribution in [3.8, 4) is 28.3 Å². The van der Waals surface area contributed by atoms with Crippen LogP contribution in [0.4, 0.5) is 0 Å². The maximum atomic E-state index is 5.33. The number of fused-ring (bicyclic) bond motifs is 6. The van der Waals surface area contributed by atoms with Crippen LogP contribution in [0.1, 0.15) is 22.7 Å². The molecule has 0 bridgehead atoms. The number of aliphatic imine (C=N–C) groups is 1. The summed E-state index contributed by atoms with van der Waals surface area (Å²) in [6.07, 6.45) is 7.84. The zero-order valence-electron chi connectivity index (χ0n) is 28.6. The van der Waals surface area contributed by atoms with E-state index in [0.29, 0.717) is 0 Å². The average Bonchev–Trinajstić information content (AvgIpc) is 3.66. The van der Waals surface area contributed by atoms with Gasteiger partial charge in [-0.25, -0.2) is 15.0 Å². The van der Waals surface area contributed by atoms with Crippen LogP contribution in [0.25, 0.3) is 66.6 Å². The van der Waals surface area contributed by atoms with Crippen LogP contribution in [0.15, 0.2) is 187 Å². The normalized spacial score (nSPS) is 14.2. The Morgan fingerprint density at radius 3 is 1.89 bits per heavy atom. The van der Waals surface area contributed by atoms with Crippen molar-refractivity contribution >= 4 is 44.1 Å². The molecule has 10 rings (SSSR count). The van der Waals surface area contributed by atoms with Gasteiger partial charge >= 0.3 is 0 Å². The minimum Gasteiger partial charge on any atom is -0.359 e. The van der Waals surface area contributed by atoms with Crippen LogP contribution in [0.2, 0.25) is 0 Å². The van der Waals surface area contributed by atoms with E-state index in [1.807, 2.05) is 61.1 Å². The van der Waals surface area contributed by atoms with Gasteiger partial charge in [0.15, 0.2) is 0 Å². The fourth-order valence-corrected chi connectivity index (χ4v) is 7.43. The zero-order valence-corrected chi connectivity index (χ0v) is 28.6. The molecule has 6 aromatic carbocycles. The molecule has 0 saturated carbocycles. The number of hydrogen-bond donors (Lipinski definition) is 1. The standard InChI is InChI=1S/C47H32N6/c1-3-11-33(12-4-1)41-29-42(51-46(50-41)35-13-5-2-6-14-35)34-22-18-31(19-23-34)32-20-24-36(25-21-32)47-52-44-39-16-8-7-15-37(39)38-26-28-48-30-40(38)45(44)53(47)43-17-9-10-27-49-43/h1-30,41H,(H,50,51). The zero-order chi connectivity index (χ0) is 35.1. The Labute approximate surface area is 306 Å². The van der Waals surface area contributed by atoms with E-state index < -0.39 is 0 Å². The van der Waals surface area contributed by atoms with Gasteiger partial charge in [0.25, 0.3) is 0 Å². The van der Waals surface area contributed by atoms with Gasteiger partial charge in [-0.05, 0) is 57.3 Å². The minimum absolute atomic E-state index is 0.00802. The number of benzene rings is 6. The highest BCUT2D eigenvalue weighted by Gasteiger charge is 2.22. The van der Waals surface area contributed by atoms with E-state index in [0.717, 1.165) is 83.6 Å². The van der Waals surface area contributed by atoms with E-state index in [1.54, 1.807) is 0 Å². The second-order valence-corrected chi connectivity index (χ2v) is 13.2. The van der Waals surface area contributed by atoms with Gasteiger partial charge in [-0.1, -0.05) is 140 Å². The molecule has 53 heavy (non-hydrogen) atoms. The predicted molar refractivity (Wildman–Crippen MR) is 216 cm³/mol. The highest BCUT2D eigenvalue weighted by atomic mass is 15.1. The van der Waals surface area contributed by atoms with Crippen LogP contribution in [0.3, 0.4) is 0 Å². The van der Waals surface area contributed by atoms with Crippen LogP contribution >= 0.6 is 0 Å². The first kappa shape index (κ1) is 30.6. The summed E-state index contributed by atoms with van der Waals surface area (Å²) >= 11 is 0. The molecule has 0 fully saturated rings. The van der Waals surface area contributed by atoms with E-state index in [4.69, 9.17) is 15.0 Å². The Balaban J connectivity index is 1.03. The molecule has 0 aliphatic carbocycles. The first-order valence-corrected chi connectivity index (χ1v) is 17.8. The number of nitrogens with zero attached hydrogens (tertiary/aromatic N) is 5. The molecule has 4 heterocycles. The fraction of sp³-hybridized carbons (Fsp3) is 0.0213. The summed E-state index contributed by atoms with van der Waals surface area (Å²) in [6, 6.07) is 54.7. The number of hydrogen-bond acceptors (Lipinski definition) is 5. The number of pyridine rings is 2. The van der Waals surface area contributed by atoms with Crippen molar-refractivity contribution in [2.45, 2.75) is 6.04 Å². The summed E-state index contributed by atoms with van der Waals surface area (Å²) in [7, 11) is 0. The molecule has 3 aromatic heterocycles. The van der Waals surface area contributed by atoms with Gasteiger partial charge in [-0.3, -0.25) is 9.55 Å². The number of amidine groups is 1. The third kappa shape index (κ3) is 5.45. The van der Waals surface area contributed by atoms with Gasteiger partial charge in [0.2, 0.25) is 0 Å². The Bertz CT molecular complexity index is 2820. The largest absolute Gasteiger partial charge is 0.359 e. The van der Waals surface area contributed by atoms with E-state index in [1.165, 1.54) is 5.56 Å². The molecule has 9 aromatic rings. The third-order valence-electron chi connectivity index (χ3n) is 10.0. The summed E-state index contributed by atoms with van der Waals surface area (Å²) in [6.45, 7) is 0. The number of imidazole rings is 1. The molecule has 0 saturated heterocycles. The van der Waals surface area contributed by atoms with E-state index in [-0.39, 0.29) is 6.04 Å². The smallest absolute Gasteiger partial charge is 0.146 e. The molecule has 0 spiro atoms. The van der Waals surface area contributed by atoms with E-state index >= 15 is 0 Å². The molecular weight excluding hydrogens is 649 g/mol. The highest BCUT2D eigenvalue weighted by Crippen LogP contribution is 2.39. The van der Waals surface area contributed by atoms with Gasteiger partial charge in [-0.2, -0.15) is 0 Å². The first-order chi connectivity index (χ1) is 26.3. The lowest BCUT2D eigenvalue weighted by Gasteiger charge is -2.24. The fourth-order valence-electron chi connectivity index (χ4n) is 7.43. The van der Waals surface area contributed by atoms with Gasteiger partial charge < -0.3 is 5.32 Å². The Morgan fingerprint density at radius 2 is 1.15 bits per heavy atom. The second kappa shape index (κ2) is 12.9. The van der Waals surface area contributed by atoms with Gasteiger partial charge in [0.1, 0.15) is 17.5 Å². The quantitative estimate of drug-likeness (QED) is 0.178. The number of aromatic nitrogens is 4. The number of rotatable bonds is 6. The van der Waals surface area contributed by atoms with Crippen LogP contribution < -0.4 is 5.32 Å². The SMILES string of the molecule is C1=C(c2ccc(-c3ccc(-c4nc5c6ccccc6c6ccncc6c5n4-c4ccccn4)cc3)cc2)N=C(c2ccccc2)NC1c1ccccc1. The molecule has 1 N–H and O–H groups in total. The third-order valence-corrected chi connectivity index (χ3v) is 10.0. The second-order valence-electron chi connectivity index (χ2n) is 13.2. The molecule has 1 aliphatic heterocycles. The average molecular weight is 681 g/mol. The van der Waals surface area contributed by atoms with Crippen LogP contribution in [0.5, 0.6) is 0 Å². The lowest BCUT2D eigenvalue weighted by Crippen LogP contribution is -2.31. The molecule has 6 heteroatoms. The van der Waals surface area contributed by atoms with Crippen molar-refractivity contribution in [3.63, 3.8) is 0 Å². The lowest BCUT2D eigenvalue weighted by atomic mass is 9.98. The number of nitrogens with one attached hydrogen (secondary N) is 1. The van der Waals surface area contributed by atoms with Crippen molar-refractivity contribution in [2.24, 2.45) is 4.99 Å². The highest BCUT2D eigenvalue weighted by molar-refractivity contribution is 6.24. The molecule has 1 atom stereocenters. The summed E-state index contributed by atoms with van der Waals surface area (Å²) in [5, 5.41) is 8.09. The maximum Gasteiger partial charge on any atom is 0.146 e. The summed E-state index contributed by atoms with van der Waals surface area (Å²) < 4.78 is 2.18. The molecule has 0 amide bonds. The van der Waals surface area contributed by atoms with Crippen LogP contribution in [0, 0.1) is 0 Å².